The van der Waals surface area contributed by atoms with E-state index in [9.17, 15) is 4.79 Å². The monoisotopic (exact) mass is 288 g/mol. The lowest BCUT2D eigenvalue weighted by molar-refractivity contribution is 0.0936. The van der Waals surface area contributed by atoms with Crippen molar-refractivity contribution in [2.24, 2.45) is 0 Å². The Morgan fingerprint density at radius 1 is 1.50 bits per heavy atom. The molecule has 1 aromatic carbocycles. The van der Waals surface area contributed by atoms with Crippen LogP contribution in [0, 0.1) is 6.92 Å². The van der Waals surface area contributed by atoms with E-state index in [0.717, 1.165) is 36.5 Å². The van der Waals surface area contributed by atoms with Crippen molar-refractivity contribution in [3.63, 3.8) is 0 Å². The van der Waals surface area contributed by atoms with E-state index in [2.05, 4.69) is 14.9 Å². The van der Waals surface area contributed by atoms with E-state index < -0.39 is 0 Å². The van der Waals surface area contributed by atoms with E-state index in [1.165, 1.54) is 11.1 Å². The Morgan fingerprint density at radius 2 is 2.35 bits per heavy atom. The van der Waals surface area contributed by atoms with Gasteiger partial charge in [0.25, 0.3) is 5.91 Å². The molecule has 0 radical (unpaired) electrons. The number of nitrogen functional groups attached to an aromatic ring is 1. The Hall–Kier alpha value is -1.95. The van der Waals surface area contributed by atoms with Crippen LogP contribution in [0.4, 0.5) is 5.69 Å². The molecule has 1 aliphatic rings. The van der Waals surface area contributed by atoms with E-state index >= 15 is 0 Å². The van der Waals surface area contributed by atoms with Crippen LogP contribution in [0.25, 0.3) is 0 Å². The van der Waals surface area contributed by atoms with E-state index in [0.29, 0.717) is 10.6 Å². The molecule has 1 aliphatic carbocycles. The number of nitrogens with one attached hydrogen (secondary N) is 1. The molecular weight excluding hydrogens is 272 g/mol. The summed E-state index contributed by atoms with van der Waals surface area (Å²) in [4.78, 5) is 12.9. The first-order valence-electron chi connectivity index (χ1n) is 6.63. The average Bonchev–Trinajstić information content (AvgIpc) is 2.85. The fourth-order valence-corrected chi connectivity index (χ4v) is 3.21. The molecule has 1 atom stereocenters. The highest BCUT2D eigenvalue weighted by molar-refractivity contribution is 7.08. The molecular formula is C14H16N4OS. The van der Waals surface area contributed by atoms with Crippen molar-refractivity contribution >= 4 is 23.1 Å². The standard InChI is InChI=1S/C14H16N4OS/c1-8-13(20-18-17-8)14(19)16-12-4-2-3-9-7-10(15)5-6-11(9)12/h5-7,12H,2-4,15H2,1H3,(H,16,19). The van der Waals surface area contributed by atoms with Gasteiger partial charge in [-0.25, -0.2) is 0 Å². The summed E-state index contributed by atoms with van der Waals surface area (Å²) in [5, 5.41) is 6.97. The van der Waals surface area contributed by atoms with Crippen LogP contribution >= 0.6 is 11.5 Å². The predicted octanol–water partition coefficient (Wildman–Crippen LogP) is 2.24. The molecule has 1 aromatic heterocycles. The number of aryl methyl sites for hydroxylation is 2. The Bertz CT molecular complexity index is 652. The smallest absolute Gasteiger partial charge is 0.265 e. The van der Waals surface area contributed by atoms with Crippen LogP contribution in [0.3, 0.4) is 0 Å². The van der Waals surface area contributed by atoms with Gasteiger partial charge < -0.3 is 11.1 Å². The first-order valence-corrected chi connectivity index (χ1v) is 7.40. The van der Waals surface area contributed by atoms with E-state index in [1.807, 2.05) is 18.2 Å². The second kappa shape index (κ2) is 5.20. The lowest BCUT2D eigenvalue weighted by atomic mass is 9.87. The molecule has 1 unspecified atom stereocenters. The van der Waals surface area contributed by atoms with E-state index in [-0.39, 0.29) is 11.9 Å². The molecule has 5 nitrogen and oxygen atoms in total. The first-order chi connectivity index (χ1) is 9.65. The SMILES string of the molecule is Cc1nnsc1C(=O)NC1CCCc2cc(N)ccc21. The molecule has 0 saturated carbocycles. The van der Waals surface area contributed by atoms with Gasteiger partial charge in [0.15, 0.2) is 0 Å². The van der Waals surface area contributed by atoms with Crippen molar-refractivity contribution < 1.29 is 4.79 Å². The predicted molar refractivity (Wildman–Crippen MR) is 78.6 cm³/mol. The van der Waals surface area contributed by atoms with Crippen LogP contribution in [0.2, 0.25) is 0 Å². The van der Waals surface area contributed by atoms with Crippen molar-refractivity contribution in [3.05, 3.63) is 39.9 Å². The van der Waals surface area contributed by atoms with Gasteiger partial charge in [-0.05, 0) is 61.0 Å². The molecule has 0 spiro atoms. The number of carbonyl (C=O) groups excluding carboxylic acids is 1. The number of anilines is 1. The van der Waals surface area contributed by atoms with Gasteiger partial charge in [-0.1, -0.05) is 10.6 Å². The zero-order valence-corrected chi connectivity index (χ0v) is 12.0. The third kappa shape index (κ3) is 2.38. The molecule has 0 aliphatic heterocycles. The highest BCUT2D eigenvalue weighted by Crippen LogP contribution is 2.31. The van der Waals surface area contributed by atoms with Crippen LogP contribution in [0.15, 0.2) is 18.2 Å². The Labute approximate surface area is 121 Å². The van der Waals surface area contributed by atoms with Crippen molar-refractivity contribution in [3.8, 4) is 0 Å². The number of carbonyl (C=O) groups is 1. The van der Waals surface area contributed by atoms with Gasteiger partial charge in [-0.3, -0.25) is 4.79 Å². The maximum Gasteiger partial charge on any atom is 0.265 e. The molecule has 0 bridgehead atoms. The summed E-state index contributed by atoms with van der Waals surface area (Å²) >= 11 is 1.14. The highest BCUT2D eigenvalue weighted by atomic mass is 32.1. The molecule has 3 rings (SSSR count). The Kier molecular flexibility index (Phi) is 3.40. The maximum absolute atomic E-state index is 12.3. The quantitative estimate of drug-likeness (QED) is 0.830. The minimum Gasteiger partial charge on any atom is -0.399 e. The summed E-state index contributed by atoms with van der Waals surface area (Å²) in [5.41, 5.74) is 9.69. The first kappa shape index (κ1) is 13.1. The van der Waals surface area contributed by atoms with E-state index in [1.54, 1.807) is 6.92 Å². The second-order valence-electron chi connectivity index (χ2n) is 5.06. The van der Waals surface area contributed by atoms with Gasteiger partial charge in [0.05, 0.1) is 11.7 Å². The van der Waals surface area contributed by atoms with Gasteiger partial charge in [0.2, 0.25) is 0 Å². The molecule has 2 aromatic rings. The lowest BCUT2D eigenvalue weighted by Gasteiger charge is -2.26. The van der Waals surface area contributed by atoms with Crippen molar-refractivity contribution in [1.82, 2.24) is 14.9 Å². The minimum absolute atomic E-state index is 0.0494. The molecule has 1 heterocycles. The number of amides is 1. The van der Waals surface area contributed by atoms with Crippen LogP contribution in [0.1, 0.15) is 45.4 Å². The summed E-state index contributed by atoms with van der Waals surface area (Å²) in [7, 11) is 0. The number of hydrogen-bond donors (Lipinski definition) is 2. The third-order valence-corrected chi connectivity index (χ3v) is 4.47. The number of fused-ring (bicyclic) bond motifs is 1. The number of nitrogens with zero attached hydrogens (tertiary/aromatic N) is 2. The molecule has 0 saturated heterocycles. The Balaban J connectivity index is 1.83. The molecule has 0 fully saturated rings. The van der Waals surface area contributed by atoms with Crippen LogP contribution < -0.4 is 11.1 Å². The minimum atomic E-state index is -0.0906. The number of hydrogen-bond acceptors (Lipinski definition) is 5. The fraction of sp³-hybridized carbons (Fsp3) is 0.357. The summed E-state index contributed by atoms with van der Waals surface area (Å²) < 4.78 is 3.81. The normalized spacial score (nSPS) is 17.6. The molecule has 20 heavy (non-hydrogen) atoms. The van der Waals surface area contributed by atoms with Gasteiger partial charge in [-0.2, -0.15) is 0 Å². The average molecular weight is 288 g/mol. The highest BCUT2D eigenvalue weighted by Gasteiger charge is 2.23. The number of benzene rings is 1. The van der Waals surface area contributed by atoms with Gasteiger partial charge in [0.1, 0.15) is 4.88 Å². The second-order valence-corrected chi connectivity index (χ2v) is 5.82. The number of nitrogens with two attached hydrogens (primary N) is 1. The summed E-state index contributed by atoms with van der Waals surface area (Å²) in [6, 6.07) is 5.97. The van der Waals surface area contributed by atoms with Gasteiger partial charge in [0, 0.05) is 5.69 Å². The van der Waals surface area contributed by atoms with Crippen molar-refractivity contribution in [1.29, 1.82) is 0 Å². The summed E-state index contributed by atoms with van der Waals surface area (Å²) in [5.74, 6) is -0.0906. The molecule has 1 amide bonds. The lowest BCUT2D eigenvalue weighted by Crippen LogP contribution is -2.30. The Morgan fingerprint density at radius 3 is 3.10 bits per heavy atom. The van der Waals surface area contributed by atoms with Crippen LogP contribution in [0.5, 0.6) is 0 Å². The van der Waals surface area contributed by atoms with Gasteiger partial charge >= 0.3 is 0 Å². The topological polar surface area (TPSA) is 80.9 Å². The maximum atomic E-state index is 12.3. The van der Waals surface area contributed by atoms with Crippen molar-refractivity contribution in [2.75, 3.05) is 5.73 Å². The largest absolute Gasteiger partial charge is 0.399 e. The van der Waals surface area contributed by atoms with Gasteiger partial charge in [-0.15, -0.1) is 5.10 Å². The fourth-order valence-electron chi connectivity index (χ4n) is 2.65. The number of aromatic nitrogens is 2. The van der Waals surface area contributed by atoms with E-state index in [4.69, 9.17) is 5.73 Å². The van der Waals surface area contributed by atoms with Crippen LogP contribution in [-0.2, 0) is 6.42 Å². The third-order valence-electron chi connectivity index (χ3n) is 3.64. The zero-order chi connectivity index (χ0) is 14.1. The van der Waals surface area contributed by atoms with Crippen molar-refractivity contribution in [2.45, 2.75) is 32.2 Å². The zero-order valence-electron chi connectivity index (χ0n) is 11.2. The molecule has 6 heteroatoms. The molecule has 3 N–H and O–H groups in total. The summed E-state index contributed by atoms with van der Waals surface area (Å²) in [6.07, 6.45) is 3.03. The number of rotatable bonds is 2. The summed E-state index contributed by atoms with van der Waals surface area (Å²) in [6.45, 7) is 1.80. The molecule has 104 valence electrons. The van der Waals surface area contributed by atoms with Crippen LogP contribution in [-0.4, -0.2) is 15.5 Å².